The second-order valence-corrected chi connectivity index (χ2v) is 7.60. The van der Waals surface area contributed by atoms with Crippen molar-refractivity contribution in [2.75, 3.05) is 35.0 Å². The van der Waals surface area contributed by atoms with Gasteiger partial charge in [0.25, 0.3) is 5.91 Å². The van der Waals surface area contributed by atoms with E-state index in [0.717, 1.165) is 43.0 Å². The number of anilines is 3. The number of nitrogens with one attached hydrogen (secondary N) is 4. The van der Waals surface area contributed by atoms with Crippen LogP contribution in [0.1, 0.15) is 26.7 Å². The van der Waals surface area contributed by atoms with E-state index in [1.54, 1.807) is 17.6 Å². The van der Waals surface area contributed by atoms with Gasteiger partial charge in [0.2, 0.25) is 0 Å². The smallest absolute Gasteiger partial charge is 0.263 e. The first kappa shape index (κ1) is 17.8. The lowest BCUT2D eigenvalue weighted by atomic mass is 10.0. The van der Waals surface area contributed by atoms with Crippen molar-refractivity contribution in [2.45, 2.75) is 38.9 Å². The highest BCUT2D eigenvalue weighted by atomic mass is 16.7. The molecular weight excluding hydrogens is 344 g/mol. The number of para-hydroxylation sites is 1. The third kappa shape index (κ3) is 3.49. The number of carbonyl (C=O) groups is 1. The standard InChI is InChI=1S/C19H28N6O2/c1-13(2)11-21-19(26)18-23-15-6-3-7-16(25-22-9-10-27-25)17(15)24(18)14-5-4-8-20-12-14/h3,6-7,9-10,13-14,18,20,22-23H,4-5,8,11-12H2,1-2H3,(H,21,26). The Labute approximate surface area is 159 Å². The molecule has 4 rings (SSSR count). The molecule has 0 aliphatic carbocycles. The van der Waals surface area contributed by atoms with Crippen LogP contribution < -0.4 is 31.4 Å². The number of piperidine rings is 1. The van der Waals surface area contributed by atoms with Crippen LogP contribution in [0.15, 0.2) is 30.7 Å². The monoisotopic (exact) mass is 372 g/mol. The first-order valence-electron chi connectivity index (χ1n) is 9.69. The number of rotatable bonds is 5. The van der Waals surface area contributed by atoms with Gasteiger partial charge in [-0.3, -0.25) is 10.2 Å². The Morgan fingerprint density at radius 1 is 1.41 bits per heavy atom. The molecule has 0 bridgehead atoms. The van der Waals surface area contributed by atoms with Crippen LogP contribution in [-0.2, 0) is 9.63 Å². The van der Waals surface area contributed by atoms with Gasteiger partial charge in [0, 0.05) is 19.1 Å². The minimum absolute atomic E-state index is 0.00449. The van der Waals surface area contributed by atoms with Gasteiger partial charge < -0.3 is 25.7 Å². The number of fused-ring (bicyclic) bond motifs is 1. The van der Waals surface area contributed by atoms with Crippen molar-refractivity contribution in [1.29, 1.82) is 0 Å². The van der Waals surface area contributed by atoms with Gasteiger partial charge in [0.1, 0.15) is 11.9 Å². The molecule has 1 saturated heterocycles. The van der Waals surface area contributed by atoms with Gasteiger partial charge in [-0.25, -0.2) is 0 Å². The average Bonchev–Trinajstić information content (AvgIpc) is 3.34. The third-order valence-corrected chi connectivity index (χ3v) is 5.09. The van der Waals surface area contributed by atoms with Crippen LogP contribution in [0.5, 0.6) is 0 Å². The molecule has 0 saturated carbocycles. The zero-order valence-electron chi connectivity index (χ0n) is 15.9. The van der Waals surface area contributed by atoms with E-state index in [-0.39, 0.29) is 11.9 Å². The Balaban J connectivity index is 1.66. The van der Waals surface area contributed by atoms with Crippen LogP contribution in [0.25, 0.3) is 0 Å². The van der Waals surface area contributed by atoms with Gasteiger partial charge in [-0.15, -0.1) is 5.17 Å². The Morgan fingerprint density at radius 3 is 3.00 bits per heavy atom. The van der Waals surface area contributed by atoms with Gasteiger partial charge in [-0.05, 0) is 37.4 Å². The molecule has 3 heterocycles. The molecule has 2 unspecified atom stereocenters. The maximum absolute atomic E-state index is 13.0. The minimum atomic E-state index is -0.430. The molecule has 3 aliphatic heterocycles. The second-order valence-electron chi connectivity index (χ2n) is 7.60. The van der Waals surface area contributed by atoms with Crippen molar-refractivity contribution in [2.24, 2.45) is 5.92 Å². The van der Waals surface area contributed by atoms with Crippen LogP contribution in [0, 0.1) is 5.92 Å². The summed E-state index contributed by atoms with van der Waals surface area (Å²) >= 11 is 0. The summed E-state index contributed by atoms with van der Waals surface area (Å²) in [5.41, 5.74) is 5.89. The number of benzene rings is 1. The highest BCUT2D eigenvalue weighted by molar-refractivity contribution is 5.98. The molecule has 146 valence electrons. The number of hydrazine groups is 1. The molecule has 27 heavy (non-hydrogen) atoms. The number of hydrogen-bond donors (Lipinski definition) is 4. The van der Waals surface area contributed by atoms with Gasteiger partial charge in [0.05, 0.1) is 17.6 Å². The summed E-state index contributed by atoms with van der Waals surface area (Å²) in [6, 6.07) is 6.22. The minimum Gasteiger partial charge on any atom is -0.365 e. The van der Waals surface area contributed by atoms with Crippen LogP contribution in [0.4, 0.5) is 17.1 Å². The average molecular weight is 372 g/mol. The molecule has 4 N–H and O–H groups in total. The molecule has 8 heteroatoms. The summed E-state index contributed by atoms with van der Waals surface area (Å²) in [6.07, 6.45) is 5.05. The Hall–Kier alpha value is -2.61. The molecular formula is C19H28N6O2. The van der Waals surface area contributed by atoms with Crippen LogP contribution in [0.2, 0.25) is 0 Å². The van der Waals surface area contributed by atoms with E-state index in [4.69, 9.17) is 4.84 Å². The third-order valence-electron chi connectivity index (χ3n) is 5.09. The van der Waals surface area contributed by atoms with E-state index < -0.39 is 6.17 Å². The van der Waals surface area contributed by atoms with Gasteiger partial charge in [0.15, 0.2) is 6.17 Å². The van der Waals surface area contributed by atoms with Crippen molar-refractivity contribution in [1.82, 2.24) is 16.1 Å². The van der Waals surface area contributed by atoms with Crippen molar-refractivity contribution < 1.29 is 9.63 Å². The fraction of sp³-hybridized carbons (Fsp3) is 0.526. The van der Waals surface area contributed by atoms with Crippen LogP contribution in [0.3, 0.4) is 0 Å². The Morgan fingerprint density at radius 2 is 2.30 bits per heavy atom. The molecule has 1 aromatic rings. The zero-order valence-corrected chi connectivity index (χ0v) is 15.9. The largest absolute Gasteiger partial charge is 0.365 e. The Bertz CT molecular complexity index is 708. The fourth-order valence-electron chi connectivity index (χ4n) is 3.83. The summed E-state index contributed by atoms with van der Waals surface area (Å²) in [4.78, 5) is 20.8. The van der Waals surface area contributed by atoms with E-state index in [2.05, 4.69) is 40.1 Å². The normalized spacial score (nSPS) is 23.7. The molecule has 3 aliphatic rings. The molecule has 0 aromatic heterocycles. The summed E-state index contributed by atoms with van der Waals surface area (Å²) in [5.74, 6) is 0.413. The highest BCUT2D eigenvalue weighted by Gasteiger charge is 2.41. The molecule has 0 spiro atoms. The maximum atomic E-state index is 13.0. The quantitative estimate of drug-likeness (QED) is 0.624. The molecule has 8 nitrogen and oxygen atoms in total. The fourth-order valence-corrected chi connectivity index (χ4v) is 3.83. The summed E-state index contributed by atoms with van der Waals surface area (Å²) in [7, 11) is 0. The van der Waals surface area contributed by atoms with Crippen molar-refractivity contribution in [3.8, 4) is 0 Å². The summed E-state index contributed by atoms with van der Waals surface area (Å²) < 4.78 is 0. The highest BCUT2D eigenvalue weighted by Crippen LogP contribution is 2.44. The van der Waals surface area contributed by atoms with Crippen molar-refractivity contribution >= 4 is 23.0 Å². The van der Waals surface area contributed by atoms with Crippen LogP contribution >= 0.6 is 0 Å². The predicted octanol–water partition coefficient (Wildman–Crippen LogP) is 1.50. The number of nitrogens with zero attached hydrogens (tertiary/aromatic N) is 2. The summed E-state index contributed by atoms with van der Waals surface area (Å²) in [6.45, 7) is 6.74. The topological polar surface area (TPSA) is 80.9 Å². The van der Waals surface area contributed by atoms with E-state index in [9.17, 15) is 4.79 Å². The summed E-state index contributed by atoms with van der Waals surface area (Å²) in [5, 5.41) is 11.6. The Kier molecular flexibility index (Phi) is 4.98. The molecule has 2 atom stereocenters. The van der Waals surface area contributed by atoms with E-state index in [1.807, 2.05) is 18.2 Å². The molecule has 1 aromatic carbocycles. The van der Waals surface area contributed by atoms with E-state index >= 15 is 0 Å². The predicted molar refractivity (Wildman–Crippen MR) is 106 cm³/mol. The lowest BCUT2D eigenvalue weighted by Crippen LogP contribution is -2.56. The van der Waals surface area contributed by atoms with E-state index in [0.29, 0.717) is 12.5 Å². The zero-order chi connectivity index (χ0) is 18.8. The number of carbonyl (C=O) groups excluding carboxylic acids is 1. The number of amides is 1. The lowest BCUT2D eigenvalue weighted by molar-refractivity contribution is -0.122. The van der Waals surface area contributed by atoms with Crippen molar-refractivity contribution in [3.05, 3.63) is 30.7 Å². The second kappa shape index (κ2) is 7.56. The maximum Gasteiger partial charge on any atom is 0.263 e. The van der Waals surface area contributed by atoms with Gasteiger partial charge >= 0.3 is 0 Å². The molecule has 0 radical (unpaired) electrons. The van der Waals surface area contributed by atoms with Crippen LogP contribution in [-0.4, -0.2) is 37.7 Å². The molecule has 1 amide bonds. The lowest BCUT2D eigenvalue weighted by Gasteiger charge is -2.37. The van der Waals surface area contributed by atoms with Crippen molar-refractivity contribution in [3.63, 3.8) is 0 Å². The van der Waals surface area contributed by atoms with Gasteiger partial charge in [-0.2, -0.15) is 0 Å². The first-order chi connectivity index (χ1) is 13.1. The first-order valence-corrected chi connectivity index (χ1v) is 9.69. The van der Waals surface area contributed by atoms with E-state index in [1.165, 1.54) is 0 Å². The molecule has 1 fully saturated rings. The SMILES string of the molecule is CC(C)CNC(=O)C1Nc2cccc(N3NC=CO3)c2N1C1CCCNC1. The number of hydrogen-bond acceptors (Lipinski definition) is 7. The van der Waals surface area contributed by atoms with Gasteiger partial charge in [-0.1, -0.05) is 19.9 Å².